The molecule has 1 atom stereocenters. The number of ether oxygens (including phenoxy) is 2. The number of hydrogen-bond donors (Lipinski definition) is 1. The van der Waals surface area contributed by atoms with Crippen LogP contribution in [-0.4, -0.2) is 37.5 Å². The molecule has 2 heterocycles. The first kappa shape index (κ1) is 11.7. The predicted octanol–water partition coefficient (Wildman–Crippen LogP) is 1.81. The van der Waals surface area contributed by atoms with Crippen molar-refractivity contribution in [1.82, 2.24) is 0 Å². The first-order valence-corrected chi connectivity index (χ1v) is 6.67. The van der Waals surface area contributed by atoms with Crippen LogP contribution in [0.3, 0.4) is 0 Å². The Labute approximate surface area is 107 Å². The fourth-order valence-electron chi connectivity index (χ4n) is 2.61. The summed E-state index contributed by atoms with van der Waals surface area (Å²) in [7, 11) is 0. The lowest BCUT2D eigenvalue weighted by molar-refractivity contribution is 0.0459. The molecule has 0 spiro atoms. The first-order valence-electron chi connectivity index (χ1n) is 6.67. The Bertz CT molecular complexity index is 416. The third-order valence-electron chi connectivity index (χ3n) is 3.57. The Kier molecular flexibility index (Phi) is 3.28. The van der Waals surface area contributed by atoms with Gasteiger partial charge in [-0.2, -0.15) is 0 Å². The highest BCUT2D eigenvalue weighted by Gasteiger charge is 2.25. The number of piperidine rings is 1. The summed E-state index contributed by atoms with van der Waals surface area (Å²) < 4.78 is 11.5. The normalized spacial score (nSPS) is 22.9. The van der Waals surface area contributed by atoms with Crippen molar-refractivity contribution in [1.29, 1.82) is 0 Å². The zero-order valence-corrected chi connectivity index (χ0v) is 10.5. The first-order chi connectivity index (χ1) is 8.88. The second kappa shape index (κ2) is 5.06. The number of anilines is 1. The van der Waals surface area contributed by atoms with Gasteiger partial charge in [0.1, 0.15) is 6.61 Å². The van der Waals surface area contributed by atoms with Crippen LogP contribution in [0.4, 0.5) is 5.69 Å². The van der Waals surface area contributed by atoms with Crippen LogP contribution in [0.25, 0.3) is 0 Å². The van der Waals surface area contributed by atoms with E-state index in [0.29, 0.717) is 6.61 Å². The molecule has 0 aliphatic carbocycles. The number of benzene rings is 1. The molecule has 0 bridgehead atoms. The van der Waals surface area contributed by atoms with E-state index in [1.807, 2.05) is 12.1 Å². The number of para-hydroxylation sites is 1. The summed E-state index contributed by atoms with van der Waals surface area (Å²) in [6, 6.07) is 5.99. The van der Waals surface area contributed by atoms with Gasteiger partial charge in [-0.15, -0.1) is 0 Å². The number of fused-ring (bicyclic) bond motifs is 1. The Morgan fingerprint density at radius 3 is 2.83 bits per heavy atom. The van der Waals surface area contributed by atoms with Gasteiger partial charge < -0.3 is 19.5 Å². The molecule has 0 radical (unpaired) electrons. The van der Waals surface area contributed by atoms with Crippen LogP contribution >= 0.6 is 0 Å². The van der Waals surface area contributed by atoms with Gasteiger partial charge in [-0.3, -0.25) is 0 Å². The largest absolute Gasteiger partial charge is 0.484 e. The SMILES string of the molecule is OCC1COc2c(cccc2N2CCCCC2)O1. The number of nitrogens with zero attached hydrogens (tertiary/aromatic N) is 1. The Morgan fingerprint density at radius 2 is 2.06 bits per heavy atom. The Balaban J connectivity index is 1.87. The molecule has 0 saturated carbocycles. The van der Waals surface area contributed by atoms with E-state index in [1.165, 1.54) is 19.3 Å². The van der Waals surface area contributed by atoms with Gasteiger partial charge in [0.25, 0.3) is 0 Å². The lowest BCUT2D eigenvalue weighted by Gasteiger charge is -2.33. The predicted molar refractivity (Wildman–Crippen MR) is 69.5 cm³/mol. The van der Waals surface area contributed by atoms with E-state index in [4.69, 9.17) is 14.6 Å². The van der Waals surface area contributed by atoms with Crippen LogP contribution < -0.4 is 14.4 Å². The maximum Gasteiger partial charge on any atom is 0.184 e. The van der Waals surface area contributed by atoms with E-state index in [0.717, 1.165) is 30.3 Å². The van der Waals surface area contributed by atoms with Crippen molar-refractivity contribution >= 4 is 5.69 Å². The molecular weight excluding hydrogens is 230 g/mol. The van der Waals surface area contributed by atoms with Crippen molar-refractivity contribution < 1.29 is 14.6 Å². The summed E-state index contributed by atoms with van der Waals surface area (Å²) >= 11 is 0. The highest BCUT2D eigenvalue weighted by Crippen LogP contribution is 2.41. The van der Waals surface area contributed by atoms with Gasteiger partial charge >= 0.3 is 0 Å². The van der Waals surface area contributed by atoms with Gasteiger partial charge in [-0.25, -0.2) is 0 Å². The molecule has 0 amide bonds. The maximum absolute atomic E-state index is 9.12. The average Bonchev–Trinajstić information content (AvgIpc) is 2.47. The van der Waals surface area contributed by atoms with Crippen LogP contribution in [0.2, 0.25) is 0 Å². The van der Waals surface area contributed by atoms with Crippen LogP contribution in [-0.2, 0) is 0 Å². The molecular formula is C14H19NO3. The number of aliphatic hydroxyl groups is 1. The molecule has 98 valence electrons. The molecule has 1 saturated heterocycles. The lowest BCUT2D eigenvalue weighted by atomic mass is 10.1. The fraction of sp³-hybridized carbons (Fsp3) is 0.571. The van der Waals surface area contributed by atoms with Gasteiger partial charge in [0.15, 0.2) is 17.6 Å². The summed E-state index contributed by atoms with van der Waals surface area (Å²) in [5.41, 5.74) is 1.13. The highest BCUT2D eigenvalue weighted by atomic mass is 16.6. The van der Waals surface area contributed by atoms with E-state index < -0.39 is 0 Å². The fourth-order valence-corrected chi connectivity index (χ4v) is 2.61. The van der Waals surface area contributed by atoms with Gasteiger partial charge in [0, 0.05) is 13.1 Å². The molecule has 1 unspecified atom stereocenters. The van der Waals surface area contributed by atoms with Crippen molar-refractivity contribution in [3.05, 3.63) is 18.2 Å². The summed E-state index contributed by atoms with van der Waals surface area (Å²) in [5, 5.41) is 9.12. The molecule has 1 aromatic rings. The van der Waals surface area contributed by atoms with Crippen molar-refractivity contribution in [2.75, 3.05) is 31.2 Å². The molecule has 4 heteroatoms. The number of hydrogen-bond acceptors (Lipinski definition) is 4. The van der Waals surface area contributed by atoms with Crippen LogP contribution in [0.1, 0.15) is 19.3 Å². The molecule has 1 N–H and O–H groups in total. The van der Waals surface area contributed by atoms with Crippen molar-refractivity contribution in [2.24, 2.45) is 0 Å². The molecule has 1 aromatic carbocycles. The van der Waals surface area contributed by atoms with Gasteiger partial charge in [-0.1, -0.05) is 6.07 Å². The number of aliphatic hydroxyl groups excluding tert-OH is 1. The lowest BCUT2D eigenvalue weighted by Crippen LogP contribution is -2.34. The van der Waals surface area contributed by atoms with E-state index in [2.05, 4.69) is 11.0 Å². The average molecular weight is 249 g/mol. The van der Waals surface area contributed by atoms with E-state index in [9.17, 15) is 0 Å². The summed E-state index contributed by atoms with van der Waals surface area (Å²) in [6.45, 7) is 2.59. The second-order valence-corrected chi connectivity index (χ2v) is 4.89. The van der Waals surface area contributed by atoms with Crippen LogP contribution in [0.5, 0.6) is 11.5 Å². The minimum Gasteiger partial charge on any atom is -0.484 e. The van der Waals surface area contributed by atoms with Gasteiger partial charge in [0.05, 0.1) is 12.3 Å². The topological polar surface area (TPSA) is 41.9 Å². The van der Waals surface area contributed by atoms with Crippen molar-refractivity contribution in [3.63, 3.8) is 0 Å². The third-order valence-corrected chi connectivity index (χ3v) is 3.57. The molecule has 2 aliphatic rings. The second-order valence-electron chi connectivity index (χ2n) is 4.89. The minimum atomic E-state index is -0.242. The summed E-state index contributed by atoms with van der Waals surface area (Å²) in [6.07, 6.45) is 3.55. The molecule has 3 rings (SSSR count). The zero-order chi connectivity index (χ0) is 12.4. The van der Waals surface area contributed by atoms with E-state index in [-0.39, 0.29) is 12.7 Å². The van der Waals surface area contributed by atoms with E-state index >= 15 is 0 Å². The maximum atomic E-state index is 9.12. The standard InChI is InChI=1S/C14H19NO3/c16-9-11-10-17-14-12(5-4-6-13(14)18-11)15-7-2-1-3-8-15/h4-6,11,16H,1-3,7-10H2. The Morgan fingerprint density at radius 1 is 1.22 bits per heavy atom. The van der Waals surface area contributed by atoms with Crippen molar-refractivity contribution in [3.8, 4) is 11.5 Å². The third kappa shape index (κ3) is 2.12. The summed E-state index contributed by atoms with van der Waals surface area (Å²) in [4.78, 5) is 2.37. The smallest absolute Gasteiger partial charge is 0.184 e. The quantitative estimate of drug-likeness (QED) is 0.868. The van der Waals surface area contributed by atoms with Crippen molar-refractivity contribution in [2.45, 2.75) is 25.4 Å². The summed E-state index contributed by atoms with van der Waals surface area (Å²) in [5.74, 6) is 1.59. The minimum absolute atomic E-state index is 0.00657. The van der Waals surface area contributed by atoms with Crippen LogP contribution in [0, 0.1) is 0 Å². The molecule has 0 aromatic heterocycles. The zero-order valence-electron chi connectivity index (χ0n) is 10.5. The molecule has 4 nitrogen and oxygen atoms in total. The highest BCUT2D eigenvalue weighted by molar-refractivity contribution is 5.65. The van der Waals surface area contributed by atoms with Crippen LogP contribution in [0.15, 0.2) is 18.2 Å². The Hall–Kier alpha value is -1.42. The molecule has 2 aliphatic heterocycles. The monoisotopic (exact) mass is 249 g/mol. The number of rotatable bonds is 2. The molecule has 1 fully saturated rings. The van der Waals surface area contributed by atoms with Gasteiger partial charge in [-0.05, 0) is 31.4 Å². The molecule has 18 heavy (non-hydrogen) atoms. The van der Waals surface area contributed by atoms with Gasteiger partial charge in [0.2, 0.25) is 0 Å². The van der Waals surface area contributed by atoms with E-state index in [1.54, 1.807) is 0 Å².